The van der Waals surface area contributed by atoms with Crippen molar-refractivity contribution in [1.29, 1.82) is 0 Å². The van der Waals surface area contributed by atoms with E-state index < -0.39 is 72.7 Å². The molecule has 88 valence electrons. The van der Waals surface area contributed by atoms with Gasteiger partial charge in [0.2, 0.25) is 0 Å². The summed E-state index contributed by atoms with van der Waals surface area (Å²) in [6.07, 6.45) is 0. The molecule has 0 radical (unpaired) electrons. The van der Waals surface area contributed by atoms with Crippen molar-refractivity contribution in [3.63, 3.8) is 0 Å². The first kappa shape index (κ1) is 3.56. The van der Waals surface area contributed by atoms with Crippen LogP contribution in [0.4, 0.5) is 0 Å². The van der Waals surface area contributed by atoms with E-state index in [0.29, 0.717) is 6.92 Å². The van der Waals surface area contributed by atoms with Crippen molar-refractivity contribution in [3.8, 4) is 0 Å². The van der Waals surface area contributed by atoms with Gasteiger partial charge in [-0.3, -0.25) is 4.79 Å². The van der Waals surface area contributed by atoms with Gasteiger partial charge in [0.15, 0.2) is 5.78 Å². The summed E-state index contributed by atoms with van der Waals surface area (Å²) in [6, 6.07) is -6.45. The van der Waals surface area contributed by atoms with Crippen LogP contribution in [0.5, 0.6) is 0 Å². The molecule has 2 nitrogen and oxygen atoms in total. The van der Waals surface area contributed by atoms with Crippen LogP contribution in [0.15, 0.2) is 24.2 Å². The molecule has 16 heavy (non-hydrogen) atoms. The zero-order chi connectivity index (χ0) is 24.2. The molecular weight excluding hydrogens is 222 g/mol. The minimum Gasteiger partial charge on any atom is -0.303 e. The average molecular weight is 254 g/mol. The van der Waals surface area contributed by atoms with Crippen LogP contribution in [0.25, 0.3) is 0 Å². The van der Waals surface area contributed by atoms with Gasteiger partial charge in [-0.25, -0.2) is 0 Å². The summed E-state index contributed by atoms with van der Waals surface area (Å²) in [6.45, 7) is -10.6. The molecule has 1 atom stereocenters. The Bertz CT molecular complexity index is 788. The molecule has 0 aliphatic heterocycles. The van der Waals surface area contributed by atoms with Crippen LogP contribution in [0.2, 0.25) is 5.02 Å². The molecule has 0 aliphatic carbocycles. The van der Waals surface area contributed by atoms with Crippen molar-refractivity contribution in [2.24, 2.45) is 0 Å². The molecule has 1 aromatic carbocycles. The summed E-state index contributed by atoms with van der Waals surface area (Å²) in [5, 5.41) is 0.954. The third-order valence-corrected chi connectivity index (χ3v) is 1.73. The molecule has 0 amide bonds. The number of hydrogen-bond donors (Lipinski definition) is 1. The molecule has 0 saturated carbocycles. The van der Waals surface area contributed by atoms with Crippen LogP contribution in [0.1, 0.15) is 57.0 Å². The Hall–Kier alpha value is -0.860. The summed E-state index contributed by atoms with van der Waals surface area (Å²) < 4.78 is 107. The molecule has 1 aromatic rings. The van der Waals surface area contributed by atoms with Crippen LogP contribution in [0, 0.1) is 0 Å². The van der Waals surface area contributed by atoms with Crippen molar-refractivity contribution in [2.45, 2.75) is 39.0 Å². The number of benzene rings is 1. The summed E-state index contributed by atoms with van der Waals surface area (Å²) in [5.74, 6) is -1.56. The highest BCUT2D eigenvalue weighted by molar-refractivity contribution is 6.31. The Balaban J connectivity index is 3.79. The standard InChI is InChI=1S/C13H18ClNO/c1-9(15-13(2,3)4)12(16)10-6-5-7-11(14)8-10/h5-9,15H,1-4H3/t9-/m1/s1/i2D3,3D3,4D3,5D,6D,7D,8D,9D. The quantitative estimate of drug-likeness (QED) is 0.838. The molecule has 0 aliphatic rings. The lowest BCUT2D eigenvalue weighted by molar-refractivity contribution is 0.0936. The second-order valence-corrected chi connectivity index (χ2v) is 3.40. The molecule has 1 N–H and O–H groups in total. The van der Waals surface area contributed by atoms with Crippen molar-refractivity contribution < 1.29 is 24.0 Å². The molecule has 0 bridgehead atoms. The fourth-order valence-corrected chi connectivity index (χ4v) is 1.10. The summed E-state index contributed by atoms with van der Waals surface area (Å²) in [5.41, 5.74) is -4.67. The first-order valence-corrected chi connectivity index (χ1v) is 4.52. The van der Waals surface area contributed by atoms with E-state index in [1.165, 1.54) is 0 Å². The van der Waals surface area contributed by atoms with Crippen LogP contribution in [0.3, 0.4) is 0 Å². The fourth-order valence-electron chi connectivity index (χ4n) is 0.960. The number of carbonyl (C=O) groups excluding carboxylic acids is 1. The van der Waals surface area contributed by atoms with E-state index in [1.807, 2.05) is 0 Å². The number of rotatable bonds is 3. The number of hydrogen-bond acceptors (Lipinski definition) is 2. The van der Waals surface area contributed by atoms with Gasteiger partial charge in [0.05, 0.1) is 12.9 Å². The van der Waals surface area contributed by atoms with E-state index in [2.05, 4.69) is 0 Å². The molecular formula is C13H18ClNO. The molecule has 0 fully saturated rings. The molecule has 0 aromatic heterocycles. The van der Waals surface area contributed by atoms with Gasteiger partial charge in [-0.05, 0) is 39.6 Å². The van der Waals surface area contributed by atoms with Gasteiger partial charge < -0.3 is 5.32 Å². The molecule has 0 heterocycles. The average Bonchev–Trinajstić information content (AvgIpc) is 2.52. The number of Topliss-reactive ketones (excluding diaryl/α,β-unsaturated/α-hetero) is 1. The Morgan fingerprint density at radius 3 is 2.94 bits per heavy atom. The van der Waals surface area contributed by atoms with Gasteiger partial charge in [-0.15, -0.1) is 0 Å². The van der Waals surface area contributed by atoms with Gasteiger partial charge in [0.1, 0.15) is 0 Å². The number of nitrogens with one attached hydrogen (secondary N) is 1. The monoisotopic (exact) mass is 253 g/mol. The van der Waals surface area contributed by atoms with Crippen LogP contribution in [-0.2, 0) is 0 Å². The van der Waals surface area contributed by atoms with Crippen molar-refractivity contribution in [3.05, 3.63) is 34.8 Å². The highest BCUT2D eigenvalue weighted by Gasteiger charge is 2.20. The van der Waals surface area contributed by atoms with E-state index in [4.69, 9.17) is 30.8 Å². The van der Waals surface area contributed by atoms with Crippen molar-refractivity contribution >= 4 is 17.4 Å². The van der Waals surface area contributed by atoms with E-state index in [1.54, 1.807) is 5.32 Å². The maximum absolute atomic E-state index is 12.9. The lowest BCUT2D eigenvalue weighted by atomic mass is 10.0. The van der Waals surface area contributed by atoms with Crippen molar-refractivity contribution in [2.75, 3.05) is 0 Å². The minimum absolute atomic E-state index is 0.665. The maximum Gasteiger partial charge on any atom is 0.179 e. The Labute approximate surface area is 122 Å². The first-order valence-electron chi connectivity index (χ1n) is 11.1. The van der Waals surface area contributed by atoms with Crippen LogP contribution >= 0.6 is 11.6 Å². The fraction of sp³-hybridized carbons (Fsp3) is 0.462. The highest BCUT2D eigenvalue weighted by atomic mass is 35.5. The van der Waals surface area contributed by atoms with Crippen molar-refractivity contribution in [1.82, 2.24) is 5.32 Å². The third kappa shape index (κ3) is 3.95. The zero-order valence-electron chi connectivity index (χ0n) is 22.3. The Morgan fingerprint density at radius 1 is 1.62 bits per heavy atom. The second-order valence-electron chi connectivity index (χ2n) is 3.02. The number of ketones is 1. The lowest BCUT2D eigenvalue weighted by Gasteiger charge is -2.25. The molecule has 0 saturated heterocycles. The van der Waals surface area contributed by atoms with Gasteiger partial charge in [0, 0.05) is 28.5 Å². The van der Waals surface area contributed by atoms with Gasteiger partial charge in [0.25, 0.3) is 0 Å². The Kier molecular flexibility index (Phi) is 1.11. The number of halogens is 1. The second kappa shape index (κ2) is 4.98. The highest BCUT2D eigenvalue weighted by Crippen LogP contribution is 2.13. The normalized spacial score (nSPS) is 30.6. The van der Waals surface area contributed by atoms with Gasteiger partial charge in [-0.1, -0.05) is 23.7 Å². The molecule has 3 heteroatoms. The largest absolute Gasteiger partial charge is 0.303 e. The summed E-state index contributed by atoms with van der Waals surface area (Å²) in [4.78, 5) is 12.9. The van der Waals surface area contributed by atoms with Crippen LogP contribution < -0.4 is 5.32 Å². The third-order valence-electron chi connectivity index (χ3n) is 1.54. The zero-order valence-corrected chi connectivity index (χ0v) is 9.04. The van der Waals surface area contributed by atoms with Gasteiger partial charge in [-0.2, -0.15) is 0 Å². The van der Waals surface area contributed by atoms with E-state index in [9.17, 15) is 4.79 Å². The molecule has 1 rings (SSSR count). The summed E-state index contributed by atoms with van der Waals surface area (Å²) >= 11 is 5.72. The Morgan fingerprint density at radius 2 is 2.31 bits per heavy atom. The number of carbonyl (C=O) groups is 1. The lowest BCUT2D eigenvalue weighted by Crippen LogP contribution is -2.46. The van der Waals surface area contributed by atoms with E-state index in [-0.39, 0.29) is 0 Å². The molecule has 0 spiro atoms. The SMILES string of the molecule is [2H]c1c([2H])c(Cl)c([2H])c(C(=O)[C@@]([2H])(C)NC(C([2H])([2H])[2H])(C([2H])([2H])[2H])C([2H])([2H])[2H])c1[2H]. The van der Waals surface area contributed by atoms with Gasteiger partial charge >= 0.3 is 0 Å². The minimum atomic E-state index is -3.75. The maximum atomic E-state index is 12.9. The van der Waals surface area contributed by atoms with E-state index in [0.717, 1.165) is 0 Å². The van der Waals surface area contributed by atoms with E-state index >= 15 is 0 Å². The summed E-state index contributed by atoms with van der Waals surface area (Å²) in [7, 11) is 0. The smallest absolute Gasteiger partial charge is 0.179 e. The molecule has 0 unspecified atom stereocenters. The predicted molar refractivity (Wildman–Crippen MR) is 68.1 cm³/mol. The predicted octanol–water partition coefficient (Wildman–Crippen LogP) is 3.30. The van der Waals surface area contributed by atoms with Crippen LogP contribution in [-0.4, -0.2) is 17.3 Å². The first-order chi connectivity index (χ1) is 13.0. The topological polar surface area (TPSA) is 29.1 Å².